The first-order chi connectivity index (χ1) is 7.68. The fourth-order valence-corrected chi connectivity index (χ4v) is 3.02. The molecule has 0 unspecified atom stereocenters. The minimum atomic E-state index is -4.92. The summed E-state index contributed by atoms with van der Waals surface area (Å²) in [4.78, 5) is -2.10. The van der Waals surface area contributed by atoms with Crippen LogP contribution < -0.4 is 5.84 Å². The minimum Gasteiger partial charge on any atom is -0.305 e. The molecule has 0 saturated carbocycles. The SMILES string of the molecule is NN=Nc1cccc(S(=O)(=O)O)c1S(=O)(=O)O. The molecule has 0 amide bonds. The van der Waals surface area contributed by atoms with E-state index in [2.05, 4.69) is 10.3 Å². The zero-order chi connectivity index (χ0) is 13.3. The fraction of sp³-hybridized carbons (Fsp3) is 0. The Hall–Kier alpha value is -1.56. The van der Waals surface area contributed by atoms with Crippen molar-refractivity contribution in [3.05, 3.63) is 18.2 Å². The van der Waals surface area contributed by atoms with E-state index in [9.17, 15) is 16.8 Å². The molecule has 9 nitrogen and oxygen atoms in total. The molecule has 1 aromatic carbocycles. The highest BCUT2D eigenvalue weighted by molar-refractivity contribution is 7.89. The minimum absolute atomic E-state index is 0.509. The third-order valence-corrected chi connectivity index (χ3v) is 3.63. The van der Waals surface area contributed by atoms with E-state index in [4.69, 9.17) is 14.9 Å². The van der Waals surface area contributed by atoms with E-state index in [0.29, 0.717) is 0 Å². The standard InChI is InChI=1S/C6H7N3O6S2/c7-9-8-4-2-1-3-5(16(10,11)12)6(4)17(13,14)15/h1-3H,(H2,7,8)(H,10,11,12)(H,13,14,15). The van der Waals surface area contributed by atoms with Crippen LogP contribution in [0, 0.1) is 0 Å². The summed E-state index contributed by atoms with van der Waals surface area (Å²) in [6, 6.07) is 2.93. The third-order valence-electron chi connectivity index (χ3n) is 1.66. The Morgan fingerprint density at radius 2 is 1.65 bits per heavy atom. The summed E-state index contributed by atoms with van der Waals surface area (Å²) in [5, 5.41) is 5.91. The van der Waals surface area contributed by atoms with Gasteiger partial charge < -0.3 is 5.84 Å². The molecule has 94 valence electrons. The van der Waals surface area contributed by atoms with Crippen LogP contribution in [0.4, 0.5) is 5.69 Å². The molecule has 1 rings (SSSR count). The van der Waals surface area contributed by atoms with Gasteiger partial charge in [0.15, 0.2) is 0 Å². The van der Waals surface area contributed by atoms with Crippen LogP contribution in [-0.4, -0.2) is 25.9 Å². The number of rotatable bonds is 3. The summed E-state index contributed by atoms with van der Waals surface area (Å²) in [7, 11) is -9.76. The molecule has 0 fully saturated rings. The van der Waals surface area contributed by atoms with Crippen LogP contribution in [0.3, 0.4) is 0 Å². The number of nitrogens with two attached hydrogens (primary N) is 1. The van der Waals surface area contributed by atoms with E-state index in [-0.39, 0.29) is 0 Å². The Labute approximate surface area is 96.4 Å². The van der Waals surface area contributed by atoms with Gasteiger partial charge in [-0.05, 0) is 12.1 Å². The summed E-state index contributed by atoms with van der Waals surface area (Å²) in [6.45, 7) is 0. The second-order valence-corrected chi connectivity index (χ2v) is 5.52. The average Bonchev–Trinajstić information content (AvgIpc) is 2.14. The first kappa shape index (κ1) is 13.5. The number of benzene rings is 1. The number of hydrogen-bond acceptors (Lipinski definition) is 6. The second kappa shape index (κ2) is 4.37. The van der Waals surface area contributed by atoms with Crippen molar-refractivity contribution in [2.24, 2.45) is 16.2 Å². The molecule has 0 atom stereocenters. The topological polar surface area (TPSA) is 159 Å². The molecule has 4 N–H and O–H groups in total. The highest BCUT2D eigenvalue weighted by Crippen LogP contribution is 2.30. The number of hydrogen-bond donors (Lipinski definition) is 3. The van der Waals surface area contributed by atoms with Crippen LogP contribution in [0.5, 0.6) is 0 Å². The first-order valence-electron chi connectivity index (χ1n) is 3.87. The van der Waals surface area contributed by atoms with Crippen LogP contribution in [0.2, 0.25) is 0 Å². The van der Waals surface area contributed by atoms with Gasteiger partial charge in [0.2, 0.25) is 0 Å². The lowest BCUT2D eigenvalue weighted by Crippen LogP contribution is -2.08. The van der Waals surface area contributed by atoms with Gasteiger partial charge in [0.1, 0.15) is 15.5 Å². The highest BCUT2D eigenvalue weighted by Gasteiger charge is 2.27. The Morgan fingerprint density at radius 1 is 1.06 bits per heavy atom. The van der Waals surface area contributed by atoms with Gasteiger partial charge in [-0.15, -0.1) is 5.11 Å². The largest absolute Gasteiger partial charge is 0.305 e. The number of nitrogens with zero attached hydrogens (tertiary/aromatic N) is 2. The maximum atomic E-state index is 11.0. The summed E-state index contributed by atoms with van der Waals surface area (Å²) in [5.74, 6) is 4.70. The Morgan fingerprint density at radius 3 is 2.06 bits per heavy atom. The van der Waals surface area contributed by atoms with Gasteiger partial charge in [-0.1, -0.05) is 11.3 Å². The van der Waals surface area contributed by atoms with Crippen molar-refractivity contribution in [3.8, 4) is 0 Å². The lowest BCUT2D eigenvalue weighted by Gasteiger charge is -2.05. The van der Waals surface area contributed by atoms with Crippen molar-refractivity contribution >= 4 is 25.9 Å². The van der Waals surface area contributed by atoms with Crippen LogP contribution in [0.1, 0.15) is 0 Å². The van der Waals surface area contributed by atoms with Gasteiger partial charge in [0.25, 0.3) is 20.2 Å². The monoisotopic (exact) mass is 281 g/mol. The van der Waals surface area contributed by atoms with Crippen molar-refractivity contribution in [1.82, 2.24) is 0 Å². The van der Waals surface area contributed by atoms with Crippen molar-refractivity contribution in [1.29, 1.82) is 0 Å². The third kappa shape index (κ3) is 2.97. The fourth-order valence-electron chi connectivity index (χ4n) is 1.11. The van der Waals surface area contributed by atoms with Gasteiger partial charge in [-0.2, -0.15) is 16.8 Å². The summed E-state index contributed by atoms with van der Waals surface area (Å²) in [5.41, 5.74) is -0.509. The molecule has 0 radical (unpaired) electrons. The summed E-state index contributed by atoms with van der Waals surface area (Å²) < 4.78 is 61.6. The predicted molar refractivity (Wildman–Crippen MR) is 54.8 cm³/mol. The molecular weight excluding hydrogens is 274 g/mol. The molecule has 0 spiro atoms. The zero-order valence-electron chi connectivity index (χ0n) is 8.05. The Balaban J connectivity index is 3.83. The van der Waals surface area contributed by atoms with E-state index < -0.39 is 35.7 Å². The van der Waals surface area contributed by atoms with Crippen LogP contribution >= 0.6 is 0 Å². The maximum Gasteiger partial charge on any atom is 0.298 e. The normalized spacial score (nSPS) is 13.1. The van der Waals surface area contributed by atoms with Gasteiger partial charge in [0.05, 0.1) is 0 Å². The lowest BCUT2D eigenvalue weighted by atomic mass is 10.3. The van der Waals surface area contributed by atoms with Crippen molar-refractivity contribution in [2.75, 3.05) is 0 Å². The van der Waals surface area contributed by atoms with Crippen molar-refractivity contribution < 1.29 is 25.9 Å². The second-order valence-electron chi connectivity index (χ2n) is 2.77. The van der Waals surface area contributed by atoms with Gasteiger partial charge in [-0.25, -0.2) is 0 Å². The average molecular weight is 281 g/mol. The van der Waals surface area contributed by atoms with E-state index in [1.807, 2.05) is 0 Å². The van der Waals surface area contributed by atoms with Crippen LogP contribution in [0.15, 0.2) is 38.3 Å². The van der Waals surface area contributed by atoms with Gasteiger partial charge >= 0.3 is 0 Å². The van der Waals surface area contributed by atoms with E-state index in [0.717, 1.165) is 18.2 Å². The zero-order valence-corrected chi connectivity index (χ0v) is 9.68. The quantitative estimate of drug-likeness (QED) is 0.307. The van der Waals surface area contributed by atoms with Crippen molar-refractivity contribution in [2.45, 2.75) is 9.79 Å². The Bertz CT molecular complexity index is 663. The van der Waals surface area contributed by atoms with E-state index in [1.54, 1.807) is 0 Å². The van der Waals surface area contributed by atoms with Gasteiger partial charge in [-0.3, -0.25) is 9.11 Å². The van der Waals surface area contributed by atoms with E-state index in [1.165, 1.54) is 0 Å². The molecule has 0 aromatic heterocycles. The van der Waals surface area contributed by atoms with Crippen molar-refractivity contribution in [3.63, 3.8) is 0 Å². The molecule has 11 heteroatoms. The first-order valence-corrected chi connectivity index (χ1v) is 6.75. The molecule has 0 aliphatic carbocycles. The molecule has 1 aromatic rings. The highest BCUT2D eigenvalue weighted by atomic mass is 32.2. The van der Waals surface area contributed by atoms with E-state index >= 15 is 0 Å². The molecule has 17 heavy (non-hydrogen) atoms. The summed E-state index contributed by atoms with van der Waals surface area (Å²) in [6.07, 6.45) is 0. The molecule has 0 aliphatic heterocycles. The molecule has 0 heterocycles. The smallest absolute Gasteiger partial charge is 0.298 e. The Kier molecular flexibility index (Phi) is 3.47. The molecular formula is C6H7N3O6S2. The molecule has 0 saturated heterocycles. The van der Waals surface area contributed by atoms with Crippen LogP contribution in [0.25, 0.3) is 0 Å². The molecule has 0 bridgehead atoms. The van der Waals surface area contributed by atoms with Gasteiger partial charge in [0, 0.05) is 0 Å². The van der Waals surface area contributed by atoms with Crippen LogP contribution in [-0.2, 0) is 20.2 Å². The maximum absolute atomic E-state index is 11.0. The molecule has 0 aliphatic rings. The predicted octanol–water partition coefficient (Wildman–Crippen LogP) is 0.137. The lowest BCUT2D eigenvalue weighted by molar-refractivity contribution is 0.466. The summed E-state index contributed by atoms with van der Waals surface area (Å²) >= 11 is 0.